The molecule has 1 radical (unpaired) electrons. The lowest BCUT2D eigenvalue weighted by molar-refractivity contribution is 0.881. The largest absolute Gasteiger partial charge is 0.254 e. The zero-order chi connectivity index (χ0) is 11.5. The lowest BCUT2D eigenvalue weighted by Gasteiger charge is -2.05. The monoisotopic (exact) mass is 222 g/mol. The third-order valence-electron chi connectivity index (χ3n) is 2.45. The normalized spacial score (nSPS) is 10.4. The molecule has 5 nitrogen and oxygen atoms in total. The number of nitrogens with one attached hydrogen (secondary N) is 1. The van der Waals surface area contributed by atoms with Crippen LogP contribution < -0.4 is 0 Å². The van der Waals surface area contributed by atoms with Crippen molar-refractivity contribution in [1.82, 2.24) is 25.6 Å². The number of H-pyrrole nitrogens is 1. The van der Waals surface area contributed by atoms with Crippen LogP contribution in [-0.2, 0) is 0 Å². The zero-order valence-corrected chi connectivity index (χ0v) is 8.83. The van der Waals surface area contributed by atoms with Crippen LogP contribution in [0.2, 0.25) is 0 Å². The Morgan fingerprint density at radius 1 is 1.06 bits per heavy atom. The van der Waals surface area contributed by atoms with Crippen molar-refractivity contribution in [3.8, 4) is 22.5 Å². The summed E-state index contributed by atoms with van der Waals surface area (Å²) in [5.74, 6) is 0.647. The van der Waals surface area contributed by atoms with Crippen LogP contribution in [0.1, 0.15) is 0 Å². The second-order valence-electron chi connectivity index (χ2n) is 3.47. The van der Waals surface area contributed by atoms with E-state index < -0.39 is 0 Å². The van der Waals surface area contributed by atoms with Crippen molar-refractivity contribution in [2.45, 2.75) is 0 Å². The molecule has 0 saturated carbocycles. The van der Waals surface area contributed by atoms with Gasteiger partial charge in [-0.3, -0.25) is 4.98 Å². The molecule has 1 aromatic carbocycles. The van der Waals surface area contributed by atoms with Crippen molar-refractivity contribution in [2.75, 3.05) is 0 Å². The number of aromatic amines is 1. The van der Waals surface area contributed by atoms with Gasteiger partial charge in [0, 0.05) is 17.3 Å². The molecule has 17 heavy (non-hydrogen) atoms. The number of hydrogen-bond donors (Lipinski definition) is 1. The number of nitrogens with zero attached hydrogens (tertiary/aromatic N) is 4. The molecule has 0 fully saturated rings. The second-order valence-corrected chi connectivity index (χ2v) is 3.47. The van der Waals surface area contributed by atoms with E-state index in [-0.39, 0.29) is 0 Å². The standard InChI is InChI=1S/C12H8N5/c1-2-6-11(12-14-16-17-15-12)10(5-1)9-4-3-7-13-8-9/h1-6,8H,(H,14,15,16,17). The van der Waals surface area contributed by atoms with Crippen LogP contribution in [0, 0.1) is 6.20 Å². The highest BCUT2D eigenvalue weighted by molar-refractivity contribution is 5.79. The van der Waals surface area contributed by atoms with Gasteiger partial charge in [0.05, 0.1) is 6.20 Å². The molecule has 0 saturated heterocycles. The van der Waals surface area contributed by atoms with Crippen molar-refractivity contribution in [1.29, 1.82) is 0 Å². The Morgan fingerprint density at radius 2 is 1.94 bits per heavy atom. The molecule has 0 bridgehead atoms. The van der Waals surface area contributed by atoms with E-state index in [9.17, 15) is 0 Å². The predicted octanol–water partition coefficient (Wildman–Crippen LogP) is 1.73. The third kappa shape index (κ3) is 1.78. The van der Waals surface area contributed by atoms with Gasteiger partial charge < -0.3 is 0 Å². The summed E-state index contributed by atoms with van der Waals surface area (Å²) in [4.78, 5) is 4.00. The molecule has 0 atom stereocenters. The van der Waals surface area contributed by atoms with Gasteiger partial charge in [0.2, 0.25) is 0 Å². The fourth-order valence-electron chi connectivity index (χ4n) is 1.69. The van der Waals surface area contributed by atoms with Crippen molar-refractivity contribution in [3.05, 3.63) is 48.8 Å². The van der Waals surface area contributed by atoms with E-state index in [1.807, 2.05) is 30.3 Å². The molecule has 81 valence electrons. The molecular weight excluding hydrogens is 214 g/mol. The summed E-state index contributed by atoms with van der Waals surface area (Å²) in [7, 11) is 0. The smallest absolute Gasteiger partial charge is 0.180 e. The van der Waals surface area contributed by atoms with E-state index in [2.05, 4.69) is 31.8 Å². The van der Waals surface area contributed by atoms with Gasteiger partial charge >= 0.3 is 0 Å². The van der Waals surface area contributed by atoms with Crippen molar-refractivity contribution < 1.29 is 0 Å². The quantitative estimate of drug-likeness (QED) is 0.717. The zero-order valence-electron chi connectivity index (χ0n) is 8.83. The minimum Gasteiger partial charge on any atom is -0.254 e. The van der Waals surface area contributed by atoms with Gasteiger partial charge in [-0.2, -0.15) is 0 Å². The van der Waals surface area contributed by atoms with Gasteiger partial charge in [-0.25, -0.2) is 5.10 Å². The molecule has 0 aliphatic carbocycles. The van der Waals surface area contributed by atoms with E-state index in [0.717, 1.165) is 16.7 Å². The number of benzene rings is 1. The summed E-state index contributed by atoms with van der Waals surface area (Å²) in [5.41, 5.74) is 2.99. The van der Waals surface area contributed by atoms with Crippen molar-refractivity contribution in [3.63, 3.8) is 0 Å². The molecule has 0 aliphatic rings. The van der Waals surface area contributed by atoms with E-state index in [0.29, 0.717) is 5.82 Å². The number of aromatic nitrogens is 5. The van der Waals surface area contributed by atoms with Crippen LogP contribution in [0.5, 0.6) is 0 Å². The Morgan fingerprint density at radius 3 is 2.65 bits per heavy atom. The molecule has 0 aliphatic heterocycles. The molecule has 1 N–H and O–H groups in total. The van der Waals surface area contributed by atoms with Gasteiger partial charge in [0.25, 0.3) is 0 Å². The van der Waals surface area contributed by atoms with E-state index in [4.69, 9.17) is 0 Å². The number of pyridine rings is 1. The Bertz CT molecular complexity index is 604. The van der Waals surface area contributed by atoms with Crippen molar-refractivity contribution >= 4 is 0 Å². The molecule has 2 heterocycles. The maximum Gasteiger partial charge on any atom is 0.180 e. The minimum atomic E-state index is 0.647. The predicted molar refractivity (Wildman–Crippen MR) is 61.7 cm³/mol. The lowest BCUT2D eigenvalue weighted by atomic mass is 10.0. The van der Waals surface area contributed by atoms with Crippen molar-refractivity contribution in [2.24, 2.45) is 0 Å². The van der Waals surface area contributed by atoms with Gasteiger partial charge in [0.15, 0.2) is 5.82 Å². The van der Waals surface area contributed by atoms with Crippen LogP contribution in [-0.4, -0.2) is 25.6 Å². The first-order valence-corrected chi connectivity index (χ1v) is 5.11. The van der Waals surface area contributed by atoms with Crippen LogP contribution in [0.3, 0.4) is 0 Å². The molecule has 0 spiro atoms. The first-order valence-electron chi connectivity index (χ1n) is 5.11. The summed E-state index contributed by atoms with van der Waals surface area (Å²) < 4.78 is 0. The first-order chi connectivity index (χ1) is 8.45. The highest BCUT2D eigenvalue weighted by Crippen LogP contribution is 2.28. The Kier molecular flexibility index (Phi) is 2.34. The van der Waals surface area contributed by atoms with Crippen LogP contribution in [0.25, 0.3) is 22.5 Å². The maximum atomic E-state index is 4.00. The summed E-state index contributed by atoms with van der Waals surface area (Å²) in [5, 5.41) is 13.9. The highest BCUT2D eigenvalue weighted by atomic mass is 15.5. The fourth-order valence-corrected chi connectivity index (χ4v) is 1.69. The van der Waals surface area contributed by atoms with E-state index in [1.54, 1.807) is 12.3 Å². The number of tetrazole rings is 1. The van der Waals surface area contributed by atoms with Crippen LogP contribution in [0.15, 0.2) is 42.6 Å². The molecule has 0 amide bonds. The summed E-state index contributed by atoms with van der Waals surface area (Å²) in [6, 6.07) is 11.6. The highest BCUT2D eigenvalue weighted by Gasteiger charge is 2.09. The molecule has 2 aromatic heterocycles. The topological polar surface area (TPSA) is 67.3 Å². The van der Waals surface area contributed by atoms with Gasteiger partial charge in [-0.1, -0.05) is 30.3 Å². The fraction of sp³-hybridized carbons (Fsp3) is 0. The maximum absolute atomic E-state index is 4.00. The first kappa shape index (κ1) is 9.65. The SMILES string of the molecule is [c]1ccc(-c2ccccc2-c2nnn[nH]2)cn1. The van der Waals surface area contributed by atoms with Gasteiger partial charge in [-0.05, 0) is 22.1 Å². The molecule has 0 unspecified atom stereocenters. The molecule has 3 aromatic rings. The summed E-state index contributed by atoms with van der Waals surface area (Å²) >= 11 is 0. The van der Waals surface area contributed by atoms with E-state index in [1.165, 1.54) is 0 Å². The minimum absolute atomic E-state index is 0.647. The van der Waals surface area contributed by atoms with Gasteiger partial charge in [0.1, 0.15) is 0 Å². The van der Waals surface area contributed by atoms with Crippen LogP contribution >= 0.6 is 0 Å². The van der Waals surface area contributed by atoms with E-state index >= 15 is 0 Å². The average molecular weight is 222 g/mol. The number of hydrogen-bond acceptors (Lipinski definition) is 4. The average Bonchev–Trinajstić information content (AvgIpc) is 2.94. The third-order valence-corrected chi connectivity index (χ3v) is 2.45. The second kappa shape index (κ2) is 4.13. The summed E-state index contributed by atoms with van der Waals surface area (Å²) in [6.07, 6.45) is 4.53. The van der Waals surface area contributed by atoms with Crippen LogP contribution in [0.4, 0.5) is 0 Å². The molecule has 3 rings (SSSR count). The Balaban J connectivity index is 2.18. The summed E-state index contributed by atoms with van der Waals surface area (Å²) in [6.45, 7) is 0. The Hall–Kier alpha value is -2.56. The Labute approximate surface area is 97.5 Å². The molecular formula is C12H8N5. The lowest BCUT2D eigenvalue weighted by Crippen LogP contribution is -1.87. The van der Waals surface area contributed by atoms with Gasteiger partial charge in [-0.15, -0.1) is 5.10 Å². The number of rotatable bonds is 2. The molecule has 5 heteroatoms.